The Morgan fingerprint density at radius 3 is 2.54 bits per heavy atom. The molecule has 0 saturated carbocycles. The lowest BCUT2D eigenvalue weighted by molar-refractivity contribution is -0.111. The Kier molecular flexibility index (Phi) is 6.29. The highest BCUT2D eigenvalue weighted by atomic mass is 35.5. The van der Waals surface area contributed by atoms with Gasteiger partial charge in [-0.25, -0.2) is 4.79 Å². The Bertz CT molecular complexity index is 1040. The third-order valence-electron chi connectivity index (χ3n) is 4.05. The zero-order valence-electron chi connectivity index (χ0n) is 15.4. The largest absolute Gasteiger partial charge is 0.465 e. The van der Waals surface area contributed by atoms with Crippen LogP contribution in [0.15, 0.2) is 60.7 Å². The third kappa shape index (κ3) is 4.50. The second kappa shape index (κ2) is 8.87. The van der Waals surface area contributed by atoms with E-state index in [1.165, 1.54) is 24.5 Å². The number of benzene rings is 2. The first kappa shape index (κ1) is 19.9. The van der Waals surface area contributed by atoms with Crippen LogP contribution in [0.3, 0.4) is 0 Å². The number of thiophene rings is 1. The van der Waals surface area contributed by atoms with Gasteiger partial charge in [0.05, 0.1) is 7.11 Å². The average molecular weight is 412 g/mol. The SMILES string of the molecule is COC(=O)c1c(NC(=O)/C=C/c2ccccc2)sc(C)c1-c1cccc(Cl)c1. The highest BCUT2D eigenvalue weighted by molar-refractivity contribution is 7.17. The Balaban J connectivity index is 1.95. The predicted molar refractivity (Wildman–Crippen MR) is 115 cm³/mol. The van der Waals surface area contributed by atoms with Crippen LogP contribution in [0.2, 0.25) is 5.02 Å². The van der Waals surface area contributed by atoms with Gasteiger partial charge in [-0.2, -0.15) is 0 Å². The molecule has 0 fully saturated rings. The van der Waals surface area contributed by atoms with E-state index in [1.807, 2.05) is 49.4 Å². The molecular weight excluding hydrogens is 394 g/mol. The summed E-state index contributed by atoms with van der Waals surface area (Å²) in [7, 11) is 1.32. The predicted octanol–water partition coefficient (Wildman–Crippen LogP) is 5.82. The fourth-order valence-corrected chi connectivity index (χ4v) is 4.07. The minimum absolute atomic E-state index is 0.326. The molecule has 0 aliphatic rings. The maximum absolute atomic E-state index is 12.5. The summed E-state index contributed by atoms with van der Waals surface area (Å²) in [5.74, 6) is -0.838. The van der Waals surface area contributed by atoms with E-state index in [-0.39, 0.29) is 5.91 Å². The molecule has 0 aliphatic heterocycles. The number of carbonyl (C=O) groups excluding carboxylic acids is 2. The molecule has 0 bridgehead atoms. The highest BCUT2D eigenvalue weighted by Crippen LogP contribution is 2.40. The molecule has 4 nitrogen and oxygen atoms in total. The van der Waals surface area contributed by atoms with Crippen molar-refractivity contribution >= 4 is 45.9 Å². The van der Waals surface area contributed by atoms with E-state index in [9.17, 15) is 9.59 Å². The van der Waals surface area contributed by atoms with Gasteiger partial charge in [0, 0.05) is 21.5 Å². The lowest BCUT2D eigenvalue weighted by atomic mass is 10.0. The number of halogens is 1. The van der Waals surface area contributed by atoms with Crippen LogP contribution < -0.4 is 5.32 Å². The fraction of sp³-hybridized carbons (Fsp3) is 0.0909. The first-order valence-corrected chi connectivity index (χ1v) is 9.71. The van der Waals surface area contributed by atoms with Crippen molar-refractivity contribution in [2.45, 2.75) is 6.92 Å². The Hall–Kier alpha value is -2.89. The quantitative estimate of drug-likeness (QED) is 0.425. The highest BCUT2D eigenvalue weighted by Gasteiger charge is 2.24. The van der Waals surface area contributed by atoms with Gasteiger partial charge in [-0.15, -0.1) is 11.3 Å². The Morgan fingerprint density at radius 1 is 1.11 bits per heavy atom. The first-order valence-electron chi connectivity index (χ1n) is 8.51. The molecule has 1 N–H and O–H groups in total. The molecule has 0 spiro atoms. The smallest absolute Gasteiger partial charge is 0.341 e. The number of hydrogen-bond acceptors (Lipinski definition) is 4. The lowest BCUT2D eigenvalue weighted by Gasteiger charge is -2.07. The van der Waals surface area contributed by atoms with Crippen molar-refractivity contribution in [2.75, 3.05) is 12.4 Å². The Labute approximate surface area is 172 Å². The average Bonchev–Trinajstić information content (AvgIpc) is 3.02. The number of rotatable bonds is 5. The summed E-state index contributed by atoms with van der Waals surface area (Å²) in [6, 6.07) is 16.7. The van der Waals surface area contributed by atoms with Gasteiger partial charge in [0.2, 0.25) is 5.91 Å². The maximum atomic E-state index is 12.5. The fourth-order valence-electron chi connectivity index (χ4n) is 2.81. The molecule has 0 unspecified atom stereocenters. The minimum Gasteiger partial charge on any atom is -0.465 e. The van der Waals surface area contributed by atoms with Crippen LogP contribution in [0.5, 0.6) is 0 Å². The summed E-state index contributed by atoms with van der Waals surface area (Å²) in [5, 5.41) is 3.81. The van der Waals surface area contributed by atoms with Crippen molar-refractivity contribution in [3.8, 4) is 11.1 Å². The molecule has 0 radical (unpaired) electrons. The van der Waals surface area contributed by atoms with Crippen LogP contribution in [0.25, 0.3) is 17.2 Å². The first-order chi connectivity index (χ1) is 13.5. The number of methoxy groups -OCH3 is 1. The van der Waals surface area contributed by atoms with Gasteiger partial charge < -0.3 is 10.1 Å². The molecule has 142 valence electrons. The number of amides is 1. The molecule has 0 aliphatic carbocycles. The summed E-state index contributed by atoms with van der Waals surface area (Å²) >= 11 is 7.44. The number of nitrogens with one attached hydrogen (secondary N) is 1. The van der Waals surface area contributed by atoms with Gasteiger partial charge in [-0.1, -0.05) is 54.1 Å². The van der Waals surface area contributed by atoms with Crippen LogP contribution in [0.4, 0.5) is 5.00 Å². The lowest BCUT2D eigenvalue weighted by Crippen LogP contribution is -2.11. The van der Waals surface area contributed by atoms with Crippen molar-refractivity contribution in [1.29, 1.82) is 0 Å². The molecule has 3 aromatic rings. The molecule has 1 heterocycles. The van der Waals surface area contributed by atoms with Crippen LogP contribution in [-0.4, -0.2) is 19.0 Å². The summed E-state index contributed by atoms with van der Waals surface area (Å²) in [5.41, 5.74) is 2.74. The summed E-state index contributed by atoms with van der Waals surface area (Å²) in [6.45, 7) is 1.89. The van der Waals surface area contributed by atoms with Crippen molar-refractivity contribution in [2.24, 2.45) is 0 Å². The monoisotopic (exact) mass is 411 g/mol. The second-order valence-corrected chi connectivity index (χ2v) is 7.63. The molecule has 3 rings (SSSR count). The number of hydrogen-bond donors (Lipinski definition) is 1. The van der Waals surface area contributed by atoms with Crippen LogP contribution in [0, 0.1) is 6.92 Å². The van der Waals surface area contributed by atoms with E-state index >= 15 is 0 Å². The van der Waals surface area contributed by atoms with Crippen LogP contribution >= 0.6 is 22.9 Å². The number of carbonyl (C=O) groups is 2. The molecular formula is C22H18ClNO3S. The van der Waals surface area contributed by atoms with E-state index < -0.39 is 5.97 Å². The van der Waals surface area contributed by atoms with Gasteiger partial charge >= 0.3 is 5.97 Å². The van der Waals surface area contributed by atoms with Gasteiger partial charge in [0.25, 0.3) is 0 Å². The summed E-state index contributed by atoms with van der Waals surface area (Å²) in [4.78, 5) is 25.7. The maximum Gasteiger partial charge on any atom is 0.341 e. The minimum atomic E-state index is -0.512. The van der Waals surface area contributed by atoms with Crippen LogP contribution in [-0.2, 0) is 9.53 Å². The molecule has 1 aromatic heterocycles. The van der Waals surface area contributed by atoms with E-state index in [0.717, 1.165) is 16.0 Å². The number of esters is 1. The van der Waals surface area contributed by atoms with E-state index in [1.54, 1.807) is 18.2 Å². The van der Waals surface area contributed by atoms with Crippen molar-refractivity contribution < 1.29 is 14.3 Å². The number of anilines is 1. The van der Waals surface area contributed by atoms with Gasteiger partial charge in [-0.05, 0) is 36.3 Å². The summed E-state index contributed by atoms with van der Waals surface area (Å²) < 4.78 is 4.96. The zero-order valence-corrected chi connectivity index (χ0v) is 16.9. The van der Waals surface area contributed by atoms with Crippen molar-refractivity contribution in [3.63, 3.8) is 0 Å². The topological polar surface area (TPSA) is 55.4 Å². The second-order valence-electron chi connectivity index (χ2n) is 5.97. The standard InChI is InChI=1S/C22H18ClNO3S/c1-14-19(16-9-6-10-17(23)13-16)20(22(26)27-2)21(28-14)24-18(25)12-11-15-7-4-3-5-8-15/h3-13H,1-2H3,(H,24,25)/b12-11+. The molecule has 28 heavy (non-hydrogen) atoms. The van der Waals surface area contributed by atoms with Crippen molar-refractivity contribution in [1.82, 2.24) is 0 Å². The van der Waals surface area contributed by atoms with E-state index in [2.05, 4.69) is 5.32 Å². The third-order valence-corrected chi connectivity index (χ3v) is 5.31. The normalized spacial score (nSPS) is 10.8. The molecule has 0 atom stereocenters. The van der Waals surface area contributed by atoms with Gasteiger partial charge in [0.1, 0.15) is 10.6 Å². The van der Waals surface area contributed by atoms with Crippen molar-refractivity contribution in [3.05, 3.63) is 81.7 Å². The Morgan fingerprint density at radius 2 is 1.86 bits per heavy atom. The molecule has 0 saturated heterocycles. The molecule has 2 aromatic carbocycles. The molecule has 6 heteroatoms. The van der Waals surface area contributed by atoms with Gasteiger partial charge in [-0.3, -0.25) is 4.79 Å². The number of aryl methyl sites for hydroxylation is 1. The summed E-state index contributed by atoms with van der Waals surface area (Å²) in [6.07, 6.45) is 3.15. The van der Waals surface area contributed by atoms with E-state index in [0.29, 0.717) is 21.2 Å². The molecule has 1 amide bonds. The van der Waals surface area contributed by atoms with E-state index in [4.69, 9.17) is 16.3 Å². The number of ether oxygens (including phenoxy) is 1. The zero-order chi connectivity index (χ0) is 20.1. The van der Waals surface area contributed by atoms with Gasteiger partial charge in [0.15, 0.2) is 0 Å². The van der Waals surface area contributed by atoms with Crippen LogP contribution in [0.1, 0.15) is 20.8 Å².